The Balaban J connectivity index is 1.97. The second-order valence-electron chi connectivity index (χ2n) is 4.69. The van der Waals surface area contributed by atoms with Gasteiger partial charge in [-0.05, 0) is 33.5 Å². The van der Waals surface area contributed by atoms with Crippen molar-refractivity contribution in [2.75, 3.05) is 11.4 Å². The van der Waals surface area contributed by atoms with Crippen molar-refractivity contribution in [2.24, 2.45) is 0 Å². The zero-order valence-corrected chi connectivity index (χ0v) is 12.2. The summed E-state index contributed by atoms with van der Waals surface area (Å²) in [6.45, 7) is 1.40. The van der Waals surface area contributed by atoms with Crippen LogP contribution in [0.25, 0.3) is 0 Å². The minimum absolute atomic E-state index is 0.0405. The topological polar surface area (TPSA) is 59.3 Å². The van der Waals surface area contributed by atoms with E-state index in [1.54, 1.807) is 6.20 Å². The van der Waals surface area contributed by atoms with E-state index in [0.717, 1.165) is 13.0 Å². The summed E-state index contributed by atoms with van der Waals surface area (Å²) in [6, 6.07) is 9.69. The molecule has 5 nitrogen and oxygen atoms in total. The van der Waals surface area contributed by atoms with Crippen molar-refractivity contribution in [3.63, 3.8) is 0 Å². The second kappa shape index (κ2) is 5.20. The highest BCUT2D eigenvalue weighted by Gasteiger charge is 2.24. The molecule has 0 aliphatic carbocycles. The number of hydrogen-bond donors (Lipinski definition) is 0. The molecule has 3 rings (SSSR count). The Kier molecular flexibility index (Phi) is 3.40. The van der Waals surface area contributed by atoms with Crippen molar-refractivity contribution in [1.82, 2.24) is 4.98 Å². The van der Waals surface area contributed by atoms with Crippen molar-refractivity contribution in [3.05, 3.63) is 62.2 Å². The van der Waals surface area contributed by atoms with E-state index in [-0.39, 0.29) is 10.6 Å². The molecule has 102 valence electrons. The molecular formula is C14H12BrN3O2. The van der Waals surface area contributed by atoms with Gasteiger partial charge in [-0.15, -0.1) is 0 Å². The predicted octanol–water partition coefficient (Wildman–Crippen LogP) is 3.32. The molecule has 0 radical (unpaired) electrons. The zero-order valence-electron chi connectivity index (χ0n) is 10.6. The first kappa shape index (κ1) is 13.1. The van der Waals surface area contributed by atoms with Crippen molar-refractivity contribution in [2.45, 2.75) is 13.0 Å². The van der Waals surface area contributed by atoms with Gasteiger partial charge in [-0.3, -0.25) is 10.1 Å². The normalized spacial score (nSPS) is 13.9. The second-order valence-corrected chi connectivity index (χ2v) is 5.61. The van der Waals surface area contributed by atoms with Gasteiger partial charge in [0.25, 0.3) is 0 Å². The number of benzene rings is 1. The minimum atomic E-state index is -0.381. The third-order valence-electron chi connectivity index (χ3n) is 3.44. The lowest BCUT2D eigenvalue weighted by molar-refractivity contribution is -0.384. The van der Waals surface area contributed by atoms with E-state index in [1.165, 1.54) is 17.2 Å². The Labute approximate surface area is 124 Å². The number of hydrogen-bond acceptors (Lipinski definition) is 4. The highest BCUT2D eigenvalue weighted by molar-refractivity contribution is 9.10. The van der Waals surface area contributed by atoms with Crippen LogP contribution in [-0.2, 0) is 13.0 Å². The van der Waals surface area contributed by atoms with Crippen LogP contribution in [0.3, 0.4) is 0 Å². The molecule has 1 aliphatic heterocycles. The van der Waals surface area contributed by atoms with Crippen molar-refractivity contribution in [1.29, 1.82) is 0 Å². The van der Waals surface area contributed by atoms with Gasteiger partial charge in [0.2, 0.25) is 5.82 Å². The number of nitrogens with zero attached hydrogens (tertiary/aromatic N) is 3. The van der Waals surface area contributed by atoms with Gasteiger partial charge in [-0.25, -0.2) is 4.98 Å². The molecule has 1 aromatic heterocycles. The number of aromatic nitrogens is 1. The summed E-state index contributed by atoms with van der Waals surface area (Å²) >= 11 is 3.23. The molecule has 0 amide bonds. The summed E-state index contributed by atoms with van der Waals surface area (Å²) in [5, 5.41) is 11.2. The Hall–Kier alpha value is -1.95. The van der Waals surface area contributed by atoms with Crippen LogP contribution in [0.15, 0.2) is 41.0 Å². The molecule has 0 atom stereocenters. The van der Waals surface area contributed by atoms with E-state index in [1.807, 2.05) is 17.0 Å². The van der Waals surface area contributed by atoms with Crippen LogP contribution in [0.5, 0.6) is 0 Å². The fraction of sp³-hybridized carbons (Fsp3) is 0.214. The van der Waals surface area contributed by atoms with Gasteiger partial charge in [0, 0.05) is 29.8 Å². The van der Waals surface area contributed by atoms with Crippen LogP contribution >= 0.6 is 15.9 Å². The maximum absolute atomic E-state index is 11.2. The summed E-state index contributed by atoms with van der Waals surface area (Å²) in [5.41, 5.74) is 2.56. The molecule has 0 saturated heterocycles. The van der Waals surface area contributed by atoms with E-state index < -0.39 is 0 Å². The maximum atomic E-state index is 11.2. The smallest absolute Gasteiger partial charge is 0.312 e. The molecular weight excluding hydrogens is 322 g/mol. The summed E-state index contributed by atoms with van der Waals surface area (Å²) in [5.74, 6) is 0.438. The van der Waals surface area contributed by atoms with Gasteiger partial charge in [0.15, 0.2) is 0 Å². The number of nitro groups is 1. The molecule has 6 heteroatoms. The van der Waals surface area contributed by atoms with E-state index in [4.69, 9.17) is 0 Å². The molecule has 2 heterocycles. The van der Waals surface area contributed by atoms with Gasteiger partial charge in [0.1, 0.15) is 0 Å². The molecule has 0 fully saturated rings. The summed E-state index contributed by atoms with van der Waals surface area (Å²) in [6.07, 6.45) is 2.48. The first-order valence-electron chi connectivity index (χ1n) is 6.27. The quantitative estimate of drug-likeness (QED) is 0.624. The van der Waals surface area contributed by atoms with E-state index in [2.05, 4.69) is 33.0 Å². The van der Waals surface area contributed by atoms with Gasteiger partial charge < -0.3 is 4.90 Å². The fourth-order valence-corrected chi connectivity index (χ4v) is 2.80. The van der Waals surface area contributed by atoms with Gasteiger partial charge in [0.05, 0.1) is 4.92 Å². The average molecular weight is 334 g/mol. The summed E-state index contributed by atoms with van der Waals surface area (Å²) in [7, 11) is 0. The first-order chi connectivity index (χ1) is 9.65. The Morgan fingerprint density at radius 2 is 2.05 bits per heavy atom. The third kappa shape index (κ3) is 2.38. The van der Waals surface area contributed by atoms with E-state index in [0.29, 0.717) is 16.8 Å². The van der Waals surface area contributed by atoms with Crippen LogP contribution in [0, 0.1) is 10.1 Å². The third-order valence-corrected chi connectivity index (χ3v) is 3.87. The highest BCUT2D eigenvalue weighted by atomic mass is 79.9. The highest BCUT2D eigenvalue weighted by Crippen LogP contribution is 2.31. The maximum Gasteiger partial charge on any atom is 0.312 e. The fourth-order valence-electron chi connectivity index (χ4n) is 2.48. The van der Waals surface area contributed by atoms with Crippen molar-refractivity contribution in [3.8, 4) is 0 Å². The van der Waals surface area contributed by atoms with Crippen LogP contribution < -0.4 is 4.90 Å². The Bertz CT molecular complexity index is 675. The van der Waals surface area contributed by atoms with Crippen LogP contribution in [0.2, 0.25) is 0 Å². The number of pyridine rings is 1. The standard InChI is InChI=1S/C14H12BrN3O2/c15-12-7-13(18(19)20)14(16-8-12)17-6-5-10-3-1-2-4-11(10)9-17/h1-4,7-8H,5-6,9H2. The lowest BCUT2D eigenvalue weighted by Crippen LogP contribution is -2.31. The zero-order chi connectivity index (χ0) is 14.1. The van der Waals surface area contributed by atoms with E-state index in [9.17, 15) is 10.1 Å². The van der Waals surface area contributed by atoms with E-state index >= 15 is 0 Å². The molecule has 1 aliphatic rings. The molecule has 20 heavy (non-hydrogen) atoms. The molecule has 0 N–H and O–H groups in total. The lowest BCUT2D eigenvalue weighted by atomic mass is 10.00. The number of rotatable bonds is 2. The molecule has 0 bridgehead atoms. The first-order valence-corrected chi connectivity index (χ1v) is 7.06. The van der Waals surface area contributed by atoms with Crippen LogP contribution in [-0.4, -0.2) is 16.5 Å². The van der Waals surface area contributed by atoms with Gasteiger partial charge in [-0.2, -0.15) is 0 Å². The largest absolute Gasteiger partial charge is 0.346 e. The Morgan fingerprint density at radius 3 is 2.80 bits per heavy atom. The SMILES string of the molecule is O=[N+]([O-])c1cc(Br)cnc1N1CCc2ccccc2C1. The van der Waals surface area contributed by atoms with Crippen molar-refractivity contribution < 1.29 is 4.92 Å². The number of anilines is 1. The molecule has 0 saturated carbocycles. The average Bonchev–Trinajstić information content (AvgIpc) is 2.46. The van der Waals surface area contributed by atoms with Crippen LogP contribution in [0.1, 0.15) is 11.1 Å². The number of fused-ring (bicyclic) bond motifs is 1. The lowest BCUT2D eigenvalue weighted by Gasteiger charge is -2.29. The molecule has 0 spiro atoms. The minimum Gasteiger partial charge on any atom is -0.346 e. The molecule has 2 aromatic rings. The van der Waals surface area contributed by atoms with Gasteiger partial charge in [-0.1, -0.05) is 24.3 Å². The van der Waals surface area contributed by atoms with Crippen molar-refractivity contribution >= 4 is 27.4 Å². The monoisotopic (exact) mass is 333 g/mol. The van der Waals surface area contributed by atoms with Crippen LogP contribution in [0.4, 0.5) is 11.5 Å². The summed E-state index contributed by atoms with van der Waals surface area (Å²) < 4.78 is 0.616. The molecule has 1 aromatic carbocycles. The Morgan fingerprint density at radius 1 is 1.30 bits per heavy atom. The predicted molar refractivity (Wildman–Crippen MR) is 79.8 cm³/mol. The summed E-state index contributed by atoms with van der Waals surface area (Å²) in [4.78, 5) is 17.0. The number of halogens is 1. The molecule has 0 unspecified atom stereocenters. The van der Waals surface area contributed by atoms with Gasteiger partial charge >= 0.3 is 5.69 Å².